The zero-order valence-corrected chi connectivity index (χ0v) is 12.5. The molecule has 0 unspecified atom stereocenters. The SMILES string of the molecule is C[C@]12C[C@H](O)CN1C(=O)N(c1ccc(OCC(F)(F)F)cc1)C2. The maximum atomic E-state index is 12.4. The van der Waals surface area contributed by atoms with Gasteiger partial charge in [0.15, 0.2) is 6.61 Å². The van der Waals surface area contributed by atoms with Crippen LogP contribution in [-0.4, -0.2) is 53.6 Å². The Balaban J connectivity index is 1.70. The van der Waals surface area contributed by atoms with Crippen LogP contribution in [0.2, 0.25) is 0 Å². The molecular weight excluding hydrogens is 313 g/mol. The van der Waals surface area contributed by atoms with Crippen molar-refractivity contribution in [2.45, 2.75) is 31.2 Å². The third kappa shape index (κ3) is 3.08. The van der Waals surface area contributed by atoms with Gasteiger partial charge in [0.1, 0.15) is 5.75 Å². The van der Waals surface area contributed by atoms with E-state index in [1.807, 2.05) is 6.92 Å². The molecule has 2 aliphatic rings. The Labute approximate surface area is 131 Å². The van der Waals surface area contributed by atoms with E-state index in [-0.39, 0.29) is 11.8 Å². The summed E-state index contributed by atoms with van der Waals surface area (Å²) in [6, 6.07) is 5.74. The number of amides is 2. The fraction of sp³-hybridized carbons (Fsp3) is 0.533. The van der Waals surface area contributed by atoms with E-state index in [4.69, 9.17) is 0 Å². The maximum absolute atomic E-state index is 12.4. The molecule has 2 heterocycles. The van der Waals surface area contributed by atoms with E-state index in [1.54, 1.807) is 21.9 Å². The van der Waals surface area contributed by atoms with Crippen LogP contribution in [-0.2, 0) is 0 Å². The molecular formula is C15H17F3N2O3. The van der Waals surface area contributed by atoms with E-state index < -0.39 is 24.4 Å². The molecule has 0 aromatic heterocycles. The first-order chi connectivity index (χ1) is 10.7. The summed E-state index contributed by atoms with van der Waals surface area (Å²) in [4.78, 5) is 15.7. The number of nitrogens with zero attached hydrogens (tertiary/aromatic N) is 2. The van der Waals surface area contributed by atoms with Crippen LogP contribution in [0.1, 0.15) is 13.3 Å². The molecule has 0 aliphatic carbocycles. The number of urea groups is 1. The number of aliphatic hydroxyl groups is 1. The molecule has 2 atom stereocenters. The van der Waals surface area contributed by atoms with Gasteiger partial charge >= 0.3 is 12.2 Å². The fourth-order valence-electron chi connectivity index (χ4n) is 3.22. The van der Waals surface area contributed by atoms with Gasteiger partial charge in [-0.3, -0.25) is 4.90 Å². The molecule has 2 aliphatic heterocycles. The number of halogens is 3. The van der Waals surface area contributed by atoms with Crippen molar-refractivity contribution >= 4 is 11.7 Å². The first-order valence-corrected chi connectivity index (χ1v) is 7.25. The highest BCUT2D eigenvalue weighted by Gasteiger charge is 2.52. The summed E-state index contributed by atoms with van der Waals surface area (Å²) >= 11 is 0. The van der Waals surface area contributed by atoms with E-state index >= 15 is 0 Å². The number of β-amino-alcohol motifs (C(OH)–C–C–N with tert-alkyl or cyclic N) is 1. The Kier molecular flexibility index (Phi) is 3.66. The van der Waals surface area contributed by atoms with Crippen LogP contribution in [0.5, 0.6) is 5.75 Å². The van der Waals surface area contributed by atoms with E-state index in [0.717, 1.165) is 0 Å². The van der Waals surface area contributed by atoms with Crippen LogP contribution in [0, 0.1) is 0 Å². The van der Waals surface area contributed by atoms with Crippen molar-refractivity contribution in [1.29, 1.82) is 0 Å². The van der Waals surface area contributed by atoms with Gasteiger partial charge < -0.3 is 14.7 Å². The summed E-state index contributed by atoms with van der Waals surface area (Å²) in [5, 5.41) is 9.72. The largest absolute Gasteiger partial charge is 0.484 e. The van der Waals surface area contributed by atoms with Gasteiger partial charge in [0.05, 0.1) is 18.2 Å². The Bertz CT molecular complexity index is 605. The number of alkyl halides is 3. The van der Waals surface area contributed by atoms with Gasteiger partial charge in [0.2, 0.25) is 0 Å². The van der Waals surface area contributed by atoms with Crippen LogP contribution >= 0.6 is 0 Å². The number of carbonyl (C=O) groups excluding carboxylic acids is 1. The molecule has 126 valence electrons. The Morgan fingerprint density at radius 3 is 2.57 bits per heavy atom. The highest BCUT2D eigenvalue weighted by molar-refractivity contribution is 5.95. The number of hydrogen-bond acceptors (Lipinski definition) is 3. The molecule has 2 amide bonds. The first kappa shape index (κ1) is 15.9. The van der Waals surface area contributed by atoms with Gasteiger partial charge in [0, 0.05) is 12.2 Å². The summed E-state index contributed by atoms with van der Waals surface area (Å²) < 4.78 is 41.0. The highest BCUT2D eigenvalue weighted by atomic mass is 19.4. The zero-order valence-electron chi connectivity index (χ0n) is 12.5. The molecule has 0 saturated carbocycles. The van der Waals surface area contributed by atoms with E-state index in [0.29, 0.717) is 25.2 Å². The Morgan fingerprint density at radius 2 is 2.00 bits per heavy atom. The molecule has 2 saturated heterocycles. The maximum Gasteiger partial charge on any atom is 0.422 e. The lowest BCUT2D eigenvalue weighted by atomic mass is 9.99. The number of ether oxygens (including phenoxy) is 1. The molecule has 1 aromatic carbocycles. The first-order valence-electron chi connectivity index (χ1n) is 7.25. The predicted molar refractivity (Wildman–Crippen MR) is 76.5 cm³/mol. The normalized spacial score (nSPS) is 27.5. The van der Waals surface area contributed by atoms with Crippen molar-refractivity contribution < 1.29 is 27.8 Å². The number of aliphatic hydroxyl groups excluding tert-OH is 1. The molecule has 2 fully saturated rings. The summed E-state index contributed by atoms with van der Waals surface area (Å²) in [5.41, 5.74) is 0.182. The molecule has 8 heteroatoms. The molecule has 3 rings (SSSR count). The van der Waals surface area contributed by atoms with E-state index in [9.17, 15) is 23.1 Å². The lowest BCUT2D eigenvalue weighted by Crippen LogP contribution is -2.38. The molecule has 0 bridgehead atoms. The predicted octanol–water partition coefficient (Wildman–Crippen LogP) is 2.39. The molecule has 1 aromatic rings. The third-order valence-corrected chi connectivity index (χ3v) is 4.23. The fourth-order valence-corrected chi connectivity index (χ4v) is 3.22. The molecule has 1 N–H and O–H groups in total. The summed E-state index contributed by atoms with van der Waals surface area (Å²) in [6.07, 6.45) is -4.38. The minimum absolute atomic E-state index is 0.0971. The minimum Gasteiger partial charge on any atom is -0.484 e. The van der Waals surface area contributed by atoms with Crippen molar-refractivity contribution in [2.24, 2.45) is 0 Å². The lowest BCUT2D eigenvalue weighted by Gasteiger charge is -2.23. The third-order valence-electron chi connectivity index (χ3n) is 4.23. The number of hydrogen-bond donors (Lipinski definition) is 1. The summed E-state index contributed by atoms with van der Waals surface area (Å²) in [5.74, 6) is 0.0971. The second kappa shape index (κ2) is 5.30. The van der Waals surface area contributed by atoms with E-state index in [2.05, 4.69) is 4.74 Å². The van der Waals surface area contributed by atoms with Crippen LogP contribution in [0.4, 0.5) is 23.7 Å². The number of rotatable bonds is 3. The monoisotopic (exact) mass is 330 g/mol. The summed E-state index contributed by atoms with van der Waals surface area (Å²) in [6.45, 7) is 1.31. The molecule has 0 radical (unpaired) electrons. The van der Waals surface area contributed by atoms with Crippen LogP contribution < -0.4 is 9.64 Å². The molecule has 5 nitrogen and oxygen atoms in total. The van der Waals surface area contributed by atoms with E-state index in [1.165, 1.54) is 12.1 Å². The van der Waals surface area contributed by atoms with Gasteiger partial charge in [0.25, 0.3) is 0 Å². The highest BCUT2D eigenvalue weighted by Crippen LogP contribution is 2.38. The number of carbonyl (C=O) groups is 1. The second-order valence-corrected chi connectivity index (χ2v) is 6.23. The number of benzene rings is 1. The smallest absolute Gasteiger partial charge is 0.422 e. The van der Waals surface area contributed by atoms with Crippen LogP contribution in [0.3, 0.4) is 0 Å². The molecule has 0 spiro atoms. The topological polar surface area (TPSA) is 53.0 Å². The van der Waals surface area contributed by atoms with Crippen molar-refractivity contribution in [3.8, 4) is 5.75 Å². The van der Waals surface area contributed by atoms with Gasteiger partial charge in [-0.1, -0.05) is 0 Å². The molecule has 23 heavy (non-hydrogen) atoms. The second-order valence-electron chi connectivity index (χ2n) is 6.23. The van der Waals surface area contributed by atoms with Crippen LogP contribution in [0.15, 0.2) is 24.3 Å². The van der Waals surface area contributed by atoms with Crippen molar-refractivity contribution in [1.82, 2.24) is 4.90 Å². The Hall–Kier alpha value is -1.96. The van der Waals surface area contributed by atoms with Crippen molar-refractivity contribution in [3.63, 3.8) is 0 Å². The van der Waals surface area contributed by atoms with Gasteiger partial charge in [-0.2, -0.15) is 13.2 Å². The van der Waals surface area contributed by atoms with Gasteiger partial charge in [-0.05, 0) is 37.6 Å². The van der Waals surface area contributed by atoms with Gasteiger partial charge in [-0.25, -0.2) is 4.79 Å². The lowest BCUT2D eigenvalue weighted by molar-refractivity contribution is -0.153. The van der Waals surface area contributed by atoms with Gasteiger partial charge in [-0.15, -0.1) is 0 Å². The van der Waals surface area contributed by atoms with Crippen molar-refractivity contribution in [3.05, 3.63) is 24.3 Å². The average Bonchev–Trinajstić information content (AvgIpc) is 2.88. The number of fused-ring (bicyclic) bond motifs is 1. The summed E-state index contributed by atoms with van der Waals surface area (Å²) in [7, 11) is 0. The number of anilines is 1. The zero-order chi connectivity index (χ0) is 16.8. The average molecular weight is 330 g/mol. The minimum atomic E-state index is -4.39. The standard InChI is InChI=1S/C15H17F3N2O3/c1-14-6-11(21)7-20(14)13(22)19(8-14)10-2-4-12(5-3-10)23-9-15(16,17)18/h2-5,11,21H,6-9H2,1H3/t11-,14+/m0/s1. The quantitative estimate of drug-likeness (QED) is 0.926. The van der Waals surface area contributed by atoms with Crippen LogP contribution in [0.25, 0.3) is 0 Å². The van der Waals surface area contributed by atoms with Crippen molar-refractivity contribution in [2.75, 3.05) is 24.6 Å². The Morgan fingerprint density at radius 1 is 1.35 bits per heavy atom.